The average molecular weight is 222 g/mol. The van der Waals surface area contributed by atoms with Gasteiger partial charge in [0.25, 0.3) is 0 Å². The second kappa shape index (κ2) is 4.11. The molecule has 1 aliphatic carbocycles. The van der Waals surface area contributed by atoms with E-state index in [0.29, 0.717) is 17.9 Å². The summed E-state index contributed by atoms with van der Waals surface area (Å²) in [4.78, 5) is 16.7. The Kier molecular flexibility index (Phi) is 2.76. The van der Waals surface area contributed by atoms with E-state index in [9.17, 15) is 4.79 Å². The lowest BCUT2D eigenvalue weighted by Crippen LogP contribution is -2.57. The molecule has 0 aromatic carbocycles. The number of Topliss-reactive ketones (excluding diaryl/α,β-unsaturated/α-hetero) is 1. The zero-order valence-corrected chi connectivity index (χ0v) is 10.2. The predicted octanol–water partition coefficient (Wildman–Crippen LogP) is 1.28. The standard InChI is InChI=1S/C13H22N2O/c1-10-8-14-6-2-3-12(14)9-15(10)11-4-5-13(16)7-11/h10-12H,2-9H2,1H3. The van der Waals surface area contributed by atoms with Gasteiger partial charge in [0.15, 0.2) is 0 Å². The van der Waals surface area contributed by atoms with Gasteiger partial charge in [-0.15, -0.1) is 0 Å². The minimum atomic E-state index is 0.478. The SMILES string of the molecule is CC1CN2CCCC2CN1C1CCC(=O)C1. The molecule has 2 aliphatic heterocycles. The van der Waals surface area contributed by atoms with Crippen LogP contribution in [0.3, 0.4) is 0 Å². The molecule has 0 spiro atoms. The van der Waals surface area contributed by atoms with Gasteiger partial charge in [-0.2, -0.15) is 0 Å². The summed E-state index contributed by atoms with van der Waals surface area (Å²) >= 11 is 0. The Morgan fingerprint density at radius 1 is 1.19 bits per heavy atom. The van der Waals surface area contributed by atoms with Gasteiger partial charge in [0.1, 0.15) is 5.78 Å². The van der Waals surface area contributed by atoms with Gasteiger partial charge in [0, 0.05) is 44.1 Å². The highest BCUT2D eigenvalue weighted by atomic mass is 16.1. The Hall–Kier alpha value is -0.410. The van der Waals surface area contributed by atoms with E-state index < -0.39 is 0 Å². The van der Waals surface area contributed by atoms with Crippen LogP contribution in [0.2, 0.25) is 0 Å². The first kappa shape index (κ1) is 10.7. The highest BCUT2D eigenvalue weighted by molar-refractivity contribution is 5.81. The van der Waals surface area contributed by atoms with E-state index in [4.69, 9.17) is 0 Å². The van der Waals surface area contributed by atoms with Crippen LogP contribution in [0.1, 0.15) is 39.0 Å². The van der Waals surface area contributed by atoms with Crippen LogP contribution in [0.4, 0.5) is 0 Å². The van der Waals surface area contributed by atoms with Gasteiger partial charge < -0.3 is 0 Å². The number of piperazine rings is 1. The van der Waals surface area contributed by atoms with Crippen LogP contribution in [-0.4, -0.2) is 53.3 Å². The molecule has 3 unspecified atom stereocenters. The highest BCUT2D eigenvalue weighted by Crippen LogP contribution is 2.30. The molecule has 1 saturated carbocycles. The van der Waals surface area contributed by atoms with Crippen LogP contribution in [0.15, 0.2) is 0 Å². The molecule has 0 radical (unpaired) electrons. The predicted molar refractivity (Wildman–Crippen MR) is 63.4 cm³/mol. The molecule has 0 aromatic heterocycles. The Balaban J connectivity index is 1.68. The largest absolute Gasteiger partial charge is 0.300 e. The Labute approximate surface area is 97.8 Å². The van der Waals surface area contributed by atoms with Crippen molar-refractivity contribution in [3.63, 3.8) is 0 Å². The molecular formula is C13H22N2O. The molecule has 3 heteroatoms. The lowest BCUT2D eigenvalue weighted by molar-refractivity contribution is -0.117. The summed E-state index contributed by atoms with van der Waals surface area (Å²) in [5.74, 6) is 0.478. The maximum absolute atomic E-state index is 11.4. The second-order valence-corrected chi connectivity index (χ2v) is 5.77. The van der Waals surface area contributed by atoms with Crippen LogP contribution in [0.25, 0.3) is 0 Å². The monoisotopic (exact) mass is 222 g/mol. The summed E-state index contributed by atoms with van der Waals surface area (Å²) in [6, 6.07) is 1.99. The third kappa shape index (κ3) is 1.80. The van der Waals surface area contributed by atoms with E-state index in [1.54, 1.807) is 0 Å². The molecule has 0 bridgehead atoms. The molecular weight excluding hydrogens is 200 g/mol. The van der Waals surface area contributed by atoms with Crippen molar-refractivity contribution in [2.24, 2.45) is 0 Å². The van der Waals surface area contributed by atoms with Crippen molar-refractivity contribution in [3.8, 4) is 0 Å². The van der Waals surface area contributed by atoms with Gasteiger partial charge >= 0.3 is 0 Å². The van der Waals surface area contributed by atoms with E-state index in [2.05, 4.69) is 16.7 Å². The summed E-state index contributed by atoms with van der Waals surface area (Å²) in [5.41, 5.74) is 0. The first-order valence-electron chi connectivity index (χ1n) is 6.75. The smallest absolute Gasteiger partial charge is 0.134 e. The van der Waals surface area contributed by atoms with Gasteiger partial charge in [-0.1, -0.05) is 0 Å². The molecule has 3 rings (SSSR count). The van der Waals surface area contributed by atoms with Gasteiger partial charge in [0.2, 0.25) is 0 Å². The van der Waals surface area contributed by atoms with Gasteiger partial charge in [-0.3, -0.25) is 14.6 Å². The van der Waals surface area contributed by atoms with Crippen molar-refractivity contribution in [2.75, 3.05) is 19.6 Å². The number of carbonyl (C=O) groups is 1. The second-order valence-electron chi connectivity index (χ2n) is 5.77. The fraction of sp³-hybridized carbons (Fsp3) is 0.923. The fourth-order valence-electron chi connectivity index (χ4n) is 3.80. The molecule has 3 atom stereocenters. The van der Waals surface area contributed by atoms with Gasteiger partial charge in [0.05, 0.1) is 0 Å². The quantitative estimate of drug-likeness (QED) is 0.667. The molecule has 16 heavy (non-hydrogen) atoms. The molecule has 90 valence electrons. The topological polar surface area (TPSA) is 23.6 Å². The van der Waals surface area contributed by atoms with Crippen LogP contribution in [-0.2, 0) is 4.79 Å². The Morgan fingerprint density at radius 2 is 2.06 bits per heavy atom. The van der Waals surface area contributed by atoms with Crippen molar-refractivity contribution < 1.29 is 4.79 Å². The maximum Gasteiger partial charge on any atom is 0.134 e. The van der Waals surface area contributed by atoms with Gasteiger partial charge in [-0.05, 0) is 32.7 Å². The molecule has 0 N–H and O–H groups in total. The number of hydrogen-bond acceptors (Lipinski definition) is 3. The highest BCUT2D eigenvalue weighted by Gasteiger charge is 2.39. The van der Waals surface area contributed by atoms with E-state index in [0.717, 1.165) is 25.3 Å². The van der Waals surface area contributed by atoms with E-state index in [-0.39, 0.29) is 0 Å². The normalized spacial score (nSPS) is 41.6. The molecule has 0 amide bonds. The number of nitrogens with zero attached hydrogens (tertiary/aromatic N) is 2. The first-order chi connectivity index (χ1) is 7.74. The molecule has 2 heterocycles. The zero-order valence-electron chi connectivity index (χ0n) is 10.2. The number of fused-ring (bicyclic) bond motifs is 1. The van der Waals surface area contributed by atoms with E-state index in [1.165, 1.54) is 32.5 Å². The van der Waals surface area contributed by atoms with Crippen LogP contribution in [0.5, 0.6) is 0 Å². The number of ketones is 1. The summed E-state index contributed by atoms with van der Waals surface area (Å²) in [6.07, 6.45) is 5.48. The molecule has 3 aliphatic rings. The Bertz CT molecular complexity index is 292. The number of rotatable bonds is 1. The number of hydrogen-bond donors (Lipinski definition) is 0. The van der Waals surface area contributed by atoms with Crippen LogP contribution >= 0.6 is 0 Å². The summed E-state index contributed by atoms with van der Waals surface area (Å²) < 4.78 is 0. The minimum Gasteiger partial charge on any atom is -0.300 e. The summed E-state index contributed by atoms with van der Waals surface area (Å²) in [5, 5.41) is 0. The lowest BCUT2D eigenvalue weighted by atomic mass is 10.0. The lowest BCUT2D eigenvalue weighted by Gasteiger charge is -2.45. The van der Waals surface area contributed by atoms with Gasteiger partial charge in [-0.25, -0.2) is 0 Å². The average Bonchev–Trinajstić information content (AvgIpc) is 2.84. The summed E-state index contributed by atoms with van der Waals surface area (Å²) in [6.45, 7) is 6.05. The summed E-state index contributed by atoms with van der Waals surface area (Å²) in [7, 11) is 0. The van der Waals surface area contributed by atoms with Crippen molar-refractivity contribution in [1.29, 1.82) is 0 Å². The molecule has 2 saturated heterocycles. The van der Waals surface area contributed by atoms with E-state index in [1.807, 2.05) is 0 Å². The molecule has 3 fully saturated rings. The maximum atomic E-state index is 11.4. The fourth-order valence-corrected chi connectivity index (χ4v) is 3.80. The number of carbonyl (C=O) groups excluding carboxylic acids is 1. The molecule has 0 aromatic rings. The first-order valence-corrected chi connectivity index (χ1v) is 6.75. The zero-order chi connectivity index (χ0) is 11.1. The van der Waals surface area contributed by atoms with Crippen molar-refractivity contribution in [3.05, 3.63) is 0 Å². The minimum absolute atomic E-state index is 0.478. The molecule has 3 nitrogen and oxygen atoms in total. The third-order valence-corrected chi connectivity index (χ3v) is 4.67. The van der Waals surface area contributed by atoms with Crippen molar-refractivity contribution >= 4 is 5.78 Å². The van der Waals surface area contributed by atoms with Crippen molar-refractivity contribution in [2.45, 2.75) is 57.2 Å². The van der Waals surface area contributed by atoms with Crippen LogP contribution in [0, 0.1) is 0 Å². The van der Waals surface area contributed by atoms with E-state index >= 15 is 0 Å². The third-order valence-electron chi connectivity index (χ3n) is 4.67. The van der Waals surface area contributed by atoms with Crippen LogP contribution < -0.4 is 0 Å². The Morgan fingerprint density at radius 3 is 2.81 bits per heavy atom. The van der Waals surface area contributed by atoms with Crippen molar-refractivity contribution in [1.82, 2.24) is 9.80 Å².